The van der Waals surface area contributed by atoms with E-state index in [9.17, 15) is 0 Å². The number of aryl methyl sites for hydroxylation is 2. The third-order valence-corrected chi connectivity index (χ3v) is 4.50. The van der Waals surface area contributed by atoms with E-state index >= 15 is 0 Å². The molecule has 2 rings (SSSR count). The fraction of sp³-hybridized carbons (Fsp3) is 0.333. The highest BCUT2D eigenvalue weighted by atomic mass is 79.9. The van der Waals surface area contributed by atoms with Crippen LogP contribution < -0.4 is 5.32 Å². The Kier molecular flexibility index (Phi) is 4.59. The Balaban J connectivity index is 1.96. The lowest BCUT2D eigenvalue weighted by molar-refractivity contribution is 0.989. The largest absolute Gasteiger partial charge is 0.367 e. The summed E-state index contributed by atoms with van der Waals surface area (Å²) in [7, 11) is 0. The van der Waals surface area contributed by atoms with Gasteiger partial charge in [-0.2, -0.15) is 0 Å². The van der Waals surface area contributed by atoms with E-state index in [2.05, 4.69) is 43.3 Å². The highest BCUT2D eigenvalue weighted by molar-refractivity contribution is 9.11. The number of thiophene rings is 1. The predicted octanol–water partition coefficient (Wildman–Crippen LogP) is 4.23. The van der Waals surface area contributed by atoms with E-state index in [4.69, 9.17) is 11.6 Å². The van der Waals surface area contributed by atoms with Crippen LogP contribution in [0.1, 0.15) is 16.3 Å². The van der Waals surface area contributed by atoms with Gasteiger partial charge in [0, 0.05) is 11.4 Å². The summed E-state index contributed by atoms with van der Waals surface area (Å²) in [4.78, 5) is 9.96. The second-order valence-electron chi connectivity index (χ2n) is 3.92. The van der Waals surface area contributed by atoms with Crippen molar-refractivity contribution in [3.05, 3.63) is 37.3 Å². The number of halogens is 2. The Bertz CT molecular complexity index is 556. The van der Waals surface area contributed by atoms with Gasteiger partial charge in [0.2, 0.25) is 0 Å². The first kappa shape index (κ1) is 13.8. The standard InChI is InChI=1S/C12H13BrClN3S/c1-7-8(2)17-12(11(14)16-7)15-6-5-9-3-4-10(13)18-9/h3-4H,5-6H2,1-2H3,(H,15,17). The molecule has 0 bridgehead atoms. The van der Waals surface area contributed by atoms with E-state index in [1.165, 1.54) is 4.88 Å². The summed E-state index contributed by atoms with van der Waals surface area (Å²) in [6.45, 7) is 4.63. The molecule has 96 valence electrons. The molecule has 0 aliphatic heterocycles. The maximum Gasteiger partial charge on any atom is 0.171 e. The highest BCUT2D eigenvalue weighted by Gasteiger charge is 2.06. The van der Waals surface area contributed by atoms with Crippen LogP contribution in [0.2, 0.25) is 5.15 Å². The fourth-order valence-corrected chi connectivity index (χ4v) is 3.20. The molecule has 3 nitrogen and oxygen atoms in total. The van der Waals surface area contributed by atoms with Crippen molar-refractivity contribution >= 4 is 44.7 Å². The first-order chi connectivity index (χ1) is 8.56. The molecule has 0 unspecified atom stereocenters. The van der Waals surface area contributed by atoms with E-state index in [-0.39, 0.29) is 0 Å². The SMILES string of the molecule is Cc1nc(Cl)c(NCCc2ccc(Br)s2)nc1C. The number of anilines is 1. The number of hydrogen-bond acceptors (Lipinski definition) is 4. The Labute approximate surface area is 124 Å². The van der Waals surface area contributed by atoms with E-state index in [1.54, 1.807) is 11.3 Å². The van der Waals surface area contributed by atoms with Crippen molar-refractivity contribution in [3.8, 4) is 0 Å². The van der Waals surface area contributed by atoms with Crippen LogP contribution in [-0.4, -0.2) is 16.5 Å². The van der Waals surface area contributed by atoms with Crippen molar-refractivity contribution < 1.29 is 0 Å². The van der Waals surface area contributed by atoms with Crippen molar-refractivity contribution in [1.29, 1.82) is 0 Å². The number of nitrogens with one attached hydrogen (secondary N) is 1. The van der Waals surface area contributed by atoms with Gasteiger partial charge in [0.1, 0.15) is 0 Å². The second kappa shape index (κ2) is 5.99. The van der Waals surface area contributed by atoms with E-state index in [0.29, 0.717) is 11.0 Å². The van der Waals surface area contributed by atoms with Gasteiger partial charge in [-0.25, -0.2) is 9.97 Å². The molecule has 0 aliphatic rings. The third kappa shape index (κ3) is 3.43. The van der Waals surface area contributed by atoms with Crippen LogP contribution >= 0.6 is 38.9 Å². The molecule has 0 amide bonds. The Hall–Kier alpha value is -0.650. The lowest BCUT2D eigenvalue weighted by atomic mass is 10.3. The van der Waals surface area contributed by atoms with E-state index in [1.807, 2.05) is 13.8 Å². The van der Waals surface area contributed by atoms with Crippen LogP contribution in [0.25, 0.3) is 0 Å². The van der Waals surface area contributed by atoms with Gasteiger partial charge in [-0.1, -0.05) is 11.6 Å². The quantitative estimate of drug-likeness (QED) is 0.900. The fourth-order valence-electron chi connectivity index (χ4n) is 1.48. The normalized spacial score (nSPS) is 10.7. The van der Waals surface area contributed by atoms with Crippen molar-refractivity contribution in [2.75, 3.05) is 11.9 Å². The summed E-state index contributed by atoms with van der Waals surface area (Å²) in [5.74, 6) is 0.662. The van der Waals surface area contributed by atoms with Gasteiger partial charge in [-0.3, -0.25) is 0 Å². The molecule has 2 aromatic rings. The lowest BCUT2D eigenvalue weighted by Crippen LogP contribution is -2.08. The molecule has 0 atom stereocenters. The minimum Gasteiger partial charge on any atom is -0.367 e. The minimum atomic E-state index is 0.436. The average molecular weight is 347 g/mol. The summed E-state index contributed by atoms with van der Waals surface area (Å²) in [6, 6.07) is 4.17. The molecule has 0 aromatic carbocycles. The van der Waals surface area contributed by atoms with Gasteiger partial charge in [-0.15, -0.1) is 11.3 Å². The number of hydrogen-bond donors (Lipinski definition) is 1. The molecular formula is C12H13BrClN3S. The molecule has 1 N–H and O–H groups in total. The molecule has 6 heteroatoms. The minimum absolute atomic E-state index is 0.436. The van der Waals surface area contributed by atoms with Gasteiger partial charge >= 0.3 is 0 Å². The molecule has 0 saturated heterocycles. The monoisotopic (exact) mass is 345 g/mol. The average Bonchev–Trinajstić information content (AvgIpc) is 2.71. The summed E-state index contributed by atoms with van der Waals surface area (Å²) in [6.07, 6.45) is 0.946. The summed E-state index contributed by atoms with van der Waals surface area (Å²) < 4.78 is 1.15. The molecule has 0 spiro atoms. The maximum atomic E-state index is 6.05. The van der Waals surface area contributed by atoms with Crippen LogP contribution in [0.4, 0.5) is 5.82 Å². The summed E-state index contributed by atoms with van der Waals surface area (Å²) in [5.41, 5.74) is 1.77. The molecule has 2 heterocycles. The van der Waals surface area contributed by atoms with Crippen LogP contribution in [0.3, 0.4) is 0 Å². The molecule has 0 saturated carbocycles. The molecular weight excluding hydrogens is 334 g/mol. The Morgan fingerprint density at radius 1 is 1.28 bits per heavy atom. The van der Waals surface area contributed by atoms with Gasteiger partial charge in [0.15, 0.2) is 11.0 Å². The first-order valence-corrected chi connectivity index (χ1v) is 7.54. The van der Waals surface area contributed by atoms with Crippen LogP contribution in [0.15, 0.2) is 15.9 Å². The molecule has 2 aromatic heterocycles. The third-order valence-electron chi connectivity index (χ3n) is 2.56. The van der Waals surface area contributed by atoms with Crippen molar-refractivity contribution in [1.82, 2.24) is 9.97 Å². The van der Waals surface area contributed by atoms with Gasteiger partial charge in [0.05, 0.1) is 15.2 Å². The van der Waals surface area contributed by atoms with Gasteiger partial charge in [-0.05, 0) is 48.3 Å². The second-order valence-corrected chi connectivity index (χ2v) is 6.82. The van der Waals surface area contributed by atoms with Crippen molar-refractivity contribution in [2.24, 2.45) is 0 Å². The Morgan fingerprint density at radius 2 is 2.00 bits per heavy atom. The van der Waals surface area contributed by atoms with Gasteiger partial charge in [0.25, 0.3) is 0 Å². The number of rotatable bonds is 4. The summed E-state index contributed by atoms with van der Waals surface area (Å²) in [5, 5.41) is 3.66. The zero-order chi connectivity index (χ0) is 13.1. The molecule has 18 heavy (non-hydrogen) atoms. The van der Waals surface area contributed by atoms with E-state index < -0.39 is 0 Å². The summed E-state index contributed by atoms with van der Waals surface area (Å²) >= 11 is 11.2. The number of nitrogens with zero attached hydrogens (tertiary/aromatic N) is 2. The predicted molar refractivity (Wildman–Crippen MR) is 80.7 cm³/mol. The van der Waals surface area contributed by atoms with Crippen LogP contribution in [0.5, 0.6) is 0 Å². The zero-order valence-corrected chi connectivity index (χ0v) is 13.3. The lowest BCUT2D eigenvalue weighted by Gasteiger charge is -2.08. The zero-order valence-electron chi connectivity index (χ0n) is 10.1. The van der Waals surface area contributed by atoms with Crippen LogP contribution in [0, 0.1) is 13.8 Å². The molecule has 0 aliphatic carbocycles. The van der Waals surface area contributed by atoms with Crippen LogP contribution in [-0.2, 0) is 6.42 Å². The maximum absolute atomic E-state index is 6.05. The number of aromatic nitrogens is 2. The van der Waals surface area contributed by atoms with E-state index in [0.717, 1.165) is 28.1 Å². The topological polar surface area (TPSA) is 37.8 Å². The van der Waals surface area contributed by atoms with Gasteiger partial charge < -0.3 is 5.32 Å². The Morgan fingerprint density at radius 3 is 2.67 bits per heavy atom. The molecule has 0 radical (unpaired) electrons. The van der Waals surface area contributed by atoms with Crippen molar-refractivity contribution in [3.63, 3.8) is 0 Å². The smallest absolute Gasteiger partial charge is 0.171 e. The van der Waals surface area contributed by atoms with Crippen molar-refractivity contribution in [2.45, 2.75) is 20.3 Å². The first-order valence-electron chi connectivity index (χ1n) is 5.55. The highest BCUT2D eigenvalue weighted by Crippen LogP contribution is 2.23. The molecule has 0 fully saturated rings.